The molecule has 29 heavy (non-hydrogen) atoms. The van der Waals surface area contributed by atoms with Crippen LogP contribution in [0.1, 0.15) is 41.7 Å². The predicted octanol–water partition coefficient (Wildman–Crippen LogP) is 6.91. The van der Waals surface area contributed by atoms with Crippen molar-refractivity contribution in [3.05, 3.63) is 68.8 Å². The monoisotopic (exact) mass is 448 g/mol. The van der Waals surface area contributed by atoms with Crippen molar-refractivity contribution in [1.29, 1.82) is 0 Å². The molecule has 0 spiro atoms. The van der Waals surface area contributed by atoms with Crippen LogP contribution < -0.4 is 0 Å². The first kappa shape index (κ1) is 20.3. The van der Waals surface area contributed by atoms with Crippen molar-refractivity contribution >= 4 is 40.8 Å². The Hall–Kier alpha value is -2.01. The van der Waals surface area contributed by atoms with Crippen molar-refractivity contribution in [3.8, 4) is 16.9 Å². The second kappa shape index (κ2) is 8.39. The van der Waals surface area contributed by atoms with Crippen molar-refractivity contribution in [3.63, 3.8) is 0 Å². The normalized spacial score (nSPS) is 14.3. The molecule has 0 N–H and O–H groups in total. The molecule has 3 aromatic rings. The number of carbonyl (C=O) groups excluding carboxylic acids is 1. The number of carbonyl (C=O) groups is 1. The van der Waals surface area contributed by atoms with Crippen molar-refractivity contribution in [1.82, 2.24) is 9.78 Å². The van der Waals surface area contributed by atoms with Crippen LogP contribution in [0.2, 0.25) is 15.1 Å². The van der Waals surface area contributed by atoms with E-state index in [4.69, 9.17) is 39.5 Å². The molecule has 1 aliphatic carbocycles. The van der Waals surface area contributed by atoms with Crippen molar-refractivity contribution in [2.24, 2.45) is 0 Å². The molecule has 1 fully saturated rings. The summed E-state index contributed by atoms with van der Waals surface area (Å²) < 4.78 is 7.37. The Morgan fingerprint density at radius 3 is 2.34 bits per heavy atom. The molecule has 1 heterocycles. The highest BCUT2D eigenvalue weighted by Gasteiger charge is 2.27. The Balaban J connectivity index is 1.83. The zero-order valence-electron chi connectivity index (χ0n) is 15.8. The van der Waals surface area contributed by atoms with E-state index in [1.54, 1.807) is 35.0 Å². The van der Waals surface area contributed by atoms with Crippen LogP contribution in [0.15, 0.2) is 42.5 Å². The molecule has 0 saturated heterocycles. The van der Waals surface area contributed by atoms with E-state index in [0.717, 1.165) is 42.5 Å². The first-order valence-electron chi connectivity index (χ1n) is 9.46. The minimum Gasteiger partial charge on any atom is -0.458 e. The van der Waals surface area contributed by atoms with Gasteiger partial charge in [0.25, 0.3) is 0 Å². The molecule has 1 saturated carbocycles. The molecule has 0 bridgehead atoms. The van der Waals surface area contributed by atoms with Gasteiger partial charge in [-0.25, -0.2) is 9.48 Å². The third-order valence-electron chi connectivity index (χ3n) is 5.15. The fourth-order valence-electron chi connectivity index (χ4n) is 3.68. The molecule has 0 unspecified atom stereocenters. The maximum Gasteiger partial charge on any atom is 0.359 e. The lowest BCUT2D eigenvalue weighted by Gasteiger charge is -2.11. The molecular formula is C22H19Cl3N2O2. The van der Waals surface area contributed by atoms with Crippen molar-refractivity contribution < 1.29 is 9.53 Å². The van der Waals surface area contributed by atoms with Gasteiger partial charge in [-0.3, -0.25) is 0 Å². The average Bonchev–Trinajstić information content (AvgIpc) is 3.30. The van der Waals surface area contributed by atoms with Gasteiger partial charge in [0.2, 0.25) is 0 Å². The predicted molar refractivity (Wildman–Crippen MR) is 116 cm³/mol. The van der Waals surface area contributed by atoms with E-state index in [9.17, 15) is 4.79 Å². The van der Waals surface area contributed by atoms with Crippen LogP contribution in [0.3, 0.4) is 0 Å². The zero-order valence-corrected chi connectivity index (χ0v) is 18.1. The molecule has 0 amide bonds. The number of nitrogens with zero attached hydrogens (tertiary/aromatic N) is 2. The van der Waals surface area contributed by atoms with Crippen LogP contribution in [0.5, 0.6) is 0 Å². The molecule has 4 rings (SSSR count). The zero-order chi connectivity index (χ0) is 20.5. The Kier molecular flexibility index (Phi) is 5.86. The third kappa shape index (κ3) is 4.16. The minimum absolute atomic E-state index is 0.0369. The van der Waals surface area contributed by atoms with Gasteiger partial charge in [-0.15, -0.1) is 0 Å². The first-order chi connectivity index (χ1) is 13.9. The van der Waals surface area contributed by atoms with Crippen LogP contribution in [-0.4, -0.2) is 21.9 Å². The molecule has 0 radical (unpaired) electrons. The lowest BCUT2D eigenvalue weighted by molar-refractivity contribution is 0.0309. The number of esters is 1. The third-order valence-corrected chi connectivity index (χ3v) is 5.94. The molecule has 150 valence electrons. The minimum atomic E-state index is -0.409. The van der Waals surface area contributed by atoms with Gasteiger partial charge in [-0.05, 0) is 62.9 Å². The summed E-state index contributed by atoms with van der Waals surface area (Å²) in [5.41, 5.74) is 3.26. The summed E-state index contributed by atoms with van der Waals surface area (Å²) in [5, 5.41) is 6.18. The van der Waals surface area contributed by atoms with E-state index in [0.29, 0.717) is 20.8 Å². The quantitative estimate of drug-likeness (QED) is 0.407. The van der Waals surface area contributed by atoms with Gasteiger partial charge in [-0.2, -0.15) is 5.10 Å². The van der Waals surface area contributed by atoms with Gasteiger partial charge < -0.3 is 4.74 Å². The van der Waals surface area contributed by atoms with Crippen LogP contribution in [0.25, 0.3) is 16.9 Å². The topological polar surface area (TPSA) is 44.1 Å². The van der Waals surface area contributed by atoms with Crippen molar-refractivity contribution in [2.45, 2.75) is 38.7 Å². The molecule has 7 heteroatoms. The number of rotatable bonds is 4. The fourth-order valence-corrected chi connectivity index (χ4v) is 4.29. The second-order valence-electron chi connectivity index (χ2n) is 7.15. The largest absolute Gasteiger partial charge is 0.458 e. The highest BCUT2D eigenvalue weighted by Crippen LogP contribution is 2.34. The van der Waals surface area contributed by atoms with E-state index in [1.807, 2.05) is 19.1 Å². The summed E-state index contributed by atoms with van der Waals surface area (Å²) in [4.78, 5) is 12.9. The lowest BCUT2D eigenvalue weighted by Crippen LogP contribution is -2.16. The molecule has 4 nitrogen and oxygen atoms in total. The standard InChI is InChI=1S/C22H19Cl3N2O2/c1-13-20(22(28)29-17-4-2-3-5-17)26-27(19-11-10-16(24)12-18(19)25)21(13)14-6-8-15(23)9-7-14/h6-12,17H,2-5H2,1H3. The number of hydrogen-bond acceptors (Lipinski definition) is 3. The second-order valence-corrected chi connectivity index (χ2v) is 8.43. The molecule has 2 aromatic carbocycles. The van der Waals surface area contributed by atoms with Gasteiger partial charge in [0.05, 0.1) is 16.4 Å². The molecule has 1 aromatic heterocycles. The highest BCUT2D eigenvalue weighted by molar-refractivity contribution is 6.35. The van der Waals surface area contributed by atoms with Gasteiger partial charge >= 0.3 is 5.97 Å². The Morgan fingerprint density at radius 1 is 1.03 bits per heavy atom. The van der Waals surface area contributed by atoms with Gasteiger partial charge in [-0.1, -0.05) is 46.9 Å². The van der Waals surface area contributed by atoms with Crippen LogP contribution in [-0.2, 0) is 4.74 Å². The van der Waals surface area contributed by atoms with Crippen LogP contribution >= 0.6 is 34.8 Å². The number of ether oxygens (including phenoxy) is 1. The van der Waals surface area contributed by atoms with Gasteiger partial charge in [0, 0.05) is 21.2 Å². The summed E-state index contributed by atoms with van der Waals surface area (Å²) in [5.74, 6) is -0.409. The number of benzene rings is 2. The van der Waals surface area contributed by atoms with Crippen molar-refractivity contribution in [2.75, 3.05) is 0 Å². The van der Waals surface area contributed by atoms with Crippen LogP contribution in [0, 0.1) is 6.92 Å². The fraction of sp³-hybridized carbons (Fsp3) is 0.273. The van der Waals surface area contributed by atoms with Gasteiger partial charge in [0.15, 0.2) is 5.69 Å². The summed E-state index contributed by atoms with van der Waals surface area (Å²) in [7, 11) is 0. The lowest BCUT2D eigenvalue weighted by atomic mass is 10.1. The smallest absolute Gasteiger partial charge is 0.359 e. The summed E-state index contributed by atoms with van der Waals surface area (Å²) in [6, 6.07) is 12.5. The SMILES string of the molecule is Cc1c(C(=O)OC2CCCC2)nn(-c2ccc(Cl)cc2Cl)c1-c1ccc(Cl)cc1. The average molecular weight is 450 g/mol. The molecule has 0 atom stereocenters. The molecule has 1 aliphatic rings. The maximum atomic E-state index is 12.9. The Bertz CT molecular complexity index is 1050. The summed E-state index contributed by atoms with van der Waals surface area (Å²) in [6.45, 7) is 1.86. The summed E-state index contributed by atoms with van der Waals surface area (Å²) in [6.07, 6.45) is 3.94. The van der Waals surface area contributed by atoms with E-state index < -0.39 is 5.97 Å². The summed E-state index contributed by atoms with van der Waals surface area (Å²) >= 11 is 18.6. The number of halogens is 3. The van der Waals surface area contributed by atoms with E-state index in [2.05, 4.69) is 5.10 Å². The van der Waals surface area contributed by atoms with Gasteiger partial charge in [0.1, 0.15) is 6.10 Å². The Morgan fingerprint density at radius 2 is 1.69 bits per heavy atom. The van der Waals surface area contributed by atoms with E-state index in [-0.39, 0.29) is 11.8 Å². The maximum absolute atomic E-state index is 12.9. The Labute approximate surface area is 184 Å². The number of aromatic nitrogens is 2. The van der Waals surface area contributed by atoms with E-state index >= 15 is 0 Å². The first-order valence-corrected chi connectivity index (χ1v) is 10.6. The number of hydrogen-bond donors (Lipinski definition) is 0. The molecule has 0 aliphatic heterocycles. The van der Waals surface area contributed by atoms with Crippen LogP contribution in [0.4, 0.5) is 0 Å². The van der Waals surface area contributed by atoms with E-state index in [1.165, 1.54) is 0 Å². The molecular weight excluding hydrogens is 431 g/mol. The highest BCUT2D eigenvalue weighted by atomic mass is 35.5.